The van der Waals surface area contributed by atoms with Crippen LogP contribution in [-0.2, 0) is 13.1 Å². The van der Waals surface area contributed by atoms with E-state index in [-0.39, 0.29) is 5.82 Å². The molecule has 0 amide bonds. The molecule has 1 N–H and O–H groups in total. The molecule has 0 aliphatic rings. The summed E-state index contributed by atoms with van der Waals surface area (Å²) in [7, 11) is 0. The normalized spacial score (nSPS) is 10.6. The van der Waals surface area contributed by atoms with Crippen molar-refractivity contribution in [3.05, 3.63) is 51.7 Å². The Kier molecular flexibility index (Phi) is 3.64. The maximum Gasteiger partial charge on any atom is 0.127 e. The van der Waals surface area contributed by atoms with Gasteiger partial charge in [-0.3, -0.25) is 0 Å². The number of hydrogen-bond acceptors (Lipinski definition) is 3. The molecule has 4 heteroatoms. The predicted molar refractivity (Wildman–Crippen MR) is 63.8 cm³/mol. The summed E-state index contributed by atoms with van der Waals surface area (Å²) in [6.45, 7) is 3.19. The molecule has 84 valence electrons. The Morgan fingerprint density at radius 2 is 2.12 bits per heavy atom. The van der Waals surface area contributed by atoms with Gasteiger partial charge in [-0.15, -0.1) is 11.3 Å². The Bertz CT molecular complexity index is 468. The maximum atomic E-state index is 13.3. The van der Waals surface area contributed by atoms with Gasteiger partial charge in [-0.2, -0.15) is 0 Å². The molecule has 0 fully saturated rings. The molecular weight excluding hydrogens is 223 g/mol. The first kappa shape index (κ1) is 11.2. The molecule has 0 unspecified atom stereocenters. The zero-order valence-corrected chi connectivity index (χ0v) is 9.85. The first-order valence-electron chi connectivity index (χ1n) is 5.11. The van der Waals surface area contributed by atoms with Crippen molar-refractivity contribution < 1.29 is 4.39 Å². The van der Waals surface area contributed by atoms with Crippen molar-refractivity contribution in [3.63, 3.8) is 0 Å². The Balaban J connectivity index is 1.87. The molecule has 2 aromatic rings. The van der Waals surface area contributed by atoms with Crippen molar-refractivity contribution in [3.8, 4) is 0 Å². The van der Waals surface area contributed by atoms with Crippen molar-refractivity contribution in [2.75, 3.05) is 0 Å². The lowest BCUT2D eigenvalue weighted by Gasteiger charge is -2.03. The summed E-state index contributed by atoms with van der Waals surface area (Å²) in [6.07, 6.45) is 0. The van der Waals surface area contributed by atoms with Crippen LogP contribution in [0.2, 0.25) is 0 Å². The van der Waals surface area contributed by atoms with E-state index in [9.17, 15) is 4.39 Å². The minimum atomic E-state index is -0.163. The van der Waals surface area contributed by atoms with Crippen LogP contribution in [-0.4, -0.2) is 4.98 Å². The standard InChI is InChI=1S/C12H13FN2S/c1-9-15-11(8-16-9)7-14-6-10-4-2-3-5-12(10)13/h2-5,8,14H,6-7H2,1H3. The number of nitrogens with one attached hydrogen (secondary N) is 1. The molecule has 0 saturated carbocycles. The van der Waals surface area contributed by atoms with Crippen LogP contribution < -0.4 is 5.32 Å². The van der Waals surface area contributed by atoms with E-state index < -0.39 is 0 Å². The summed E-state index contributed by atoms with van der Waals surface area (Å²) in [5.41, 5.74) is 1.70. The molecular formula is C12H13FN2S. The maximum absolute atomic E-state index is 13.3. The van der Waals surface area contributed by atoms with E-state index in [2.05, 4.69) is 10.3 Å². The molecule has 1 aromatic heterocycles. The van der Waals surface area contributed by atoms with Gasteiger partial charge in [-0.1, -0.05) is 18.2 Å². The molecule has 0 atom stereocenters. The fourth-order valence-corrected chi connectivity index (χ4v) is 2.07. The molecule has 2 nitrogen and oxygen atoms in total. The summed E-state index contributed by atoms with van der Waals surface area (Å²) in [6, 6.07) is 6.80. The van der Waals surface area contributed by atoms with Crippen LogP contribution in [0.1, 0.15) is 16.3 Å². The number of benzene rings is 1. The Morgan fingerprint density at radius 1 is 1.31 bits per heavy atom. The van der Waals surface area contributed by atoms with Crippen molar-refractivity contribution in [2.24, 2.45) is 0 Å². The van der Waals surface area contributed by atoms with Gasteiger partial charge >= 0.3 is 0 Å². The van der Waals surface area contributed by atoms with Gasteiger partial charge in [0.25, 0.3) is 0 Å². The monoisotopic (exact) mass is 236 g/mol. The van der Waals surface area contributed by atoms with Crippen LogP contribution in [0.3, 0.4) is 0 Å². The third kappa shape index (κ3) is 2.87. The van der Waals surface area contributed by atoms with Gasteiger partial charge in [-0.05, 0) is 13.0 Å². The van der Waals surface area contributed by atoms with Crippen LogP contribution in [0.4, 0.5) is 4.39 Å². The van der Waals surface area contributed by atoms with Gasteiger partial charge in [0.05, 0.1) is 10.7 Å². The van der Waals surface area contributed by atoms with Gasteiger partial charge < -0.3 is 5.32 Å². The predicted octanol–water partition coefficient (Wildman–Crippen LogP) is 2.88. The fraction of sp³-hybridized carbons (Fsp3) is 0.250. The number of hydrogen-bond donors (Lipinski definition) is 1. The van der Waals surface area contributed by atoms with Gasteiger partial charge in [0.1, 0.15) is 5.82 Å². The van der Waals surface area contributed by atoms with Crippen LogP contribution in [0.5, 0.6) is 0 Å². The molecule has 1 heterocycles. The summed E-state index contributed by atoms with van der Waals surface area (Å²) in [5, 5.41) is 6.25. The number of nitrogens with zero attached hydrogens (tertiary/aromatic N) is 1. The van der Waals surface area contributed by atoms with Crippen LogP contribution in [0.15, 0.2) is 29.6 Å². The fourth-order valence-electron chi connectivity index (χ4n) is 1.46. The van der Waals surface area contributed by atoms with Gasteiger partial charge in [0, 0.05) is 24.0 Å². The minimum absolute atomic E-state index is 0.163. The van der Waals surface area contributed by atoms with Gasteiger partial charge in [-0.25, -0.2) is 9.37 Å². The molecule has 2 rings (SSSR count). The van der Waals surface area contributed by atoms with E-state index in [1.165, 1.54) is 6.07 Å². The highest BCUT2D eigenvalue weighted by molar-refractivity contribution is 7.09. The third-order valence-corrected chi connectivity index (χ3v) is 3.07. The van der Waals surface area contributed by atoms with Crippen LogP contribution in [0.25, 0.3) is 0 Å². The first-order valence-corrected chi connectivity index (χ1v) is 5.99. The highest BCUT2D eigenvalue weighted by Gasteiger charge is 2.01. The number of halogens is 1. The largest absolute Gasteiger partial charge is 0.307 e. The molecule has 0 saturated heterocycles. The van der Waals surface area contributed by atoms with E-state index in [0.29, 0.717) is 18.7 Å². The molecule has 16 heavy (non-hydrogen) atoms. The lowest BCUT2D eigenvalue weighted by Crippen LogP contribution is -2.13. The van der Waals surface area contributed by atoms with E-state index >= 15 is 0 Å². The number of rotatable bonds is 4. The zero-order chi connectivity index (χ0) is 11.4. The first-order chi connectivity index (χ1) is 7.75. The number of aryl methyl sites for hydroxylation is 1. The quantitative estimate of drug-likeness (QED) is 0.883. The highest BCUT2D eigenvalue weighted by Crippen LogP contribution is 2.09. The van der Waals surface area contributed by atoms with Gasteiger partial charge in [0.2, 0.25) is 0 Å². The average Bonchev–Trinajstić information content (AvgIpc) is 2.67. The van der Waals surface area contributed by atoms with Crippen LogP contribution in [0, 0.1) is 12.7 Å². The van der Waals surface area contributed by atoms with E-state index in [1.807, 2.05) is 18.4 Å². The highest BCUT2D eigenvalue weighted by atomic mass is 32.1. The van der Waals surface area contributed by atoms with Crippen molar-refractivity contribution in [1.82, 2.24) is 10.3 Å². The second-order valence-electron chi connectivity index (χ2n) is 3.55. The Labute approximate surface area is 98.2 Å². The average molecular weight is 236 g/mol. The second-order valence-corrected chi connectivity index (χ2v) is 4.62. The molecule has 0 spiro atoms. The smallest absolute Gasteiger partial charge is 0.127 e. The number of aromatic nitrogens is 1. The SMILES string of the molecule is Cc1nc(CNCc2ccccc2F)cs1. The summed E-state index contributed by atoms with van der Waals surface area (Å²) in [4.78, 5) is 4.33. The molecule has 0 radical (unpaired) electrons. The Hall–Kier alpha value is -1.26. The second kappa shape index (κ2) is 5.18. The minimum Gasteiger partial charge on any atom is -0.307 e. The number of thiazole rings is 1. The molecule has 0 bridgehead atoms. The summed E-state index contributed by atoms with van der Waals surface area (Å²) in [5.74, 6) is -0.163. The van der Waals surface area contributed by atoms with E-state index in [4.69, 9.17) is 0 Å². The van der Waals surface area contributed by atoms with Crippen molar-refractivity contribution >= 4 is 11.3 Å². The topological polar surface area (TPSA) is 24.9 Å². The van der Waals surface area contributed by atoms with E-state index in [0.717, 1.165) is 10.7 Å². The summed E-state index contributed by atoms with van der Waals surface area (Å²) >= 11 is 1.63. The zero-order valence-electron chi connectivity index (χ0n) is 9.03. The summed E-state index contributed by atoms with van der Waals surface area (Å²) < 4.78 is 13.3. The van der Waals surface area contributed by atoms with Crippen molar-refractivity contribution in [2.45, 2.75) is 20.0 Å². The lowest BCUT2D eigenvalue weighted by atomic mass is 10.2. The lowest BCUT2D eigenvalue weighted by molar-refractivity contribution is 0.586. The molecule has 1 aromatic carbocycles. The molecule has 0 aliphatic carbocycles. The van der Waals surface area contributed by atoms with E-state index in [1.54, 1.807) is 23.5 Å². The molecule has 0 aliphatic heterocycles. The van der Waals surface area contributed by atoms with Crippen LogP contribution >= 0.6 is 11.3 Å². The van der Waals surface area contributed by atoms with Gasteiger partial charge in [0.15, 0.2) is 0 Å². The van der Waals surface area contributed by atoms with Crippen molar-refractivity contribution in [1.29, 1.82) is 0 Å². The Morgan fingerprint density at radius 3 is 2.81 bits per heavy atom. The third-order valence-electron chi connectivity index (χ3n) is 2.25.